The van der Waals surface area contributed by atoms with Crippen LogP contribution in [0.5, 0.6) is 0 Å². The van der Waals surface area contributed by atoms with E-state index in [-0.39, 0.29) is 49.9 Å². The molecule has 1 fully saturated rings. The fourth-order valence-electron chi connectivity index (χ4n) is 4.80. The van der Waals surface area contributed by atoms with Crippen molar-refractivity contribution in [3.05, 3.63) is 45.8 Å². The number of piperazine rings is 1. The topological polar surface area (TPSA) is 126 Å². The Kier molecular flexibility index (Phi) is 9.49. The maximum Gasteiger partial charge on any atom is 0.409 e. The van der Waals surface area contributed by atoms with Gasteiger partial charge in [0.1, 0.15) is 5.00 Å². The van der Waals surface area contributed by atoms with Gasteiger partial charge < -0.3 is 19.7 Å². The van der Waals surface area contributed by atoms with E-state index in [1.54, 1.807) is 13.8 Å². The molecule has 0 spiro atoms. The number of thiophene rings is 1. The standard InChI is InChI=1S/C27H36N4O7S2/c1-5-37-26(33)23-21-11-12-30(18(3)4)17-22(21)39-25(23)28-24(32)19-7-9-20(10-8-19)40(35,36)31-15-13-29(14-16-31)27(34)38-6-2/h7-10,18H,5-6,11-17H2,1-4H3,(H,28,32). The first-order chi connectivity index (χ1) is 19.1. The summed E-state index contributed by atoms with van der Waals surface area (Å²) in [6.07, 6.45) is 0.235. The first kappa shape index (κ1) is 30.0. The lowest BCUT2D eigenvalue weighted by molar-refractivity contribution is 0.0525. The minimum atomic E-state index is -3.80. The second kappa shape index (κ2) is 12.7. The van der Waals surface area contributed by atoms with Crippen molar-refractivity contribution in [2.45, 2.75) is 51.6 Å². The van der Waals surface area contributed by atoms with Crippen LogP contribution < -0.4 is 5.32 Å². The number of esters is 1. The molecule has 0 bridgehead atoms. The predicted octanol–water partition coefficient (Wildman–Crippen LogP) is 3.41. The molecule has 0 unspecified atom stereocenters. The molecule has 1 aromatic heterocycles. The molecule has 4 rings (SSSR count). The van der Waals surface area contributed by atoms with Crippen molar-refractivity contribution in [1.82, 2.24) is 14.1 Å². The van der Waals surface area contributed by atoms with Crippen LogP contribution in [-0.4, -0.2) is 92.5 Å². The molecule has 0 saturated carbocycles. The molecular weight excluding hydrogens is 556 g/mol. The van der Waals surface area contributed by atoms with E-state index in [2.05, 4.69) is 24.1 Å². The van der Waals surface area contributed by atoms with Gasteiger partial charge in [-0.15, -0.1) is 11.3 Å². The molecule has 2 aromatic rings. The smallest absolute Gasteiger partial charge is 0.409 e. The molecular formula is C27H36N4O7S2. The summed E-state index contributed by atoms with van der Waals surface area (Å²) in [6, 6.07) is 6.06. The zero-order valence-corrected chi connectivity index (χ0v) is 24.9. The van der Waals surface area contributed by atoms with Gasteiger partial charge in [-0.1, -0.05) is 0 Å². The average molecular weight is 593 g/mol. The fourth-order valence-corrected chi connectivity index (χ4v) is 7.48. The van der Waals surface area contributed by atoms with Gasteiger partial charge in [-0.3, -0.25) is 9.69 Å². The third-order valence-corrected chi connectivity index (χ3v) is 10.1. The van der Waals surface area contributed by atoms with Crippen molar-refractivity contribution in [2.24, 2.45) is 0 Å². The van der Waals surface area contributed by atoms with Gasteiger partial charge in [0.05, 0.1) is 23.7 Å². The number of rotatable bonds is 8. The Morgan fingerprint density at radius 2 is 1.62 bits per heavy atom. The van der Waals surface area contributed by atoms with Crippen LogP contribution >= 0.6 is 11.3 Å². The van der Waals surface area contributed by atoms with Crippen LogP contribution in [0.25, 0.3) is 0 Å². The second-order valence-corrected chi connectivity index (χ2v) is 12.9. The van der Waals surface area contributed by atoms with Crippen molar-refractivity contribution in [3.8, 4) is 0 Å². The number of ether oxygens (including phenoxy) is 2. The molecule has 40 heavy (non-hydrogen) atoms. The average Bonchev–Trinajstić information content (AvgIpc) is 3.30. The Bertz CT molecular complexity index is 1350. The largest absolute Gasteiger partial charge is 0.462 e. The number of hydrogen-bond donors (Lipinski definition) is 1. The van der Waals surface area contributed by atoms with Crippen molar-refractivity contribution < 1.29 is 32.3 Å². The second-order valence-electron chi connectivity index (χ2n) is 9.81. The Labute approximate surface area is 239 Å². The molecule has 2 aliphatic rings. The zero-order chi connectivity index (χ0) is 29.0. The van der Waals surface area contributed by atoms with E-state index in [1.807, 2.05) is 0 Å². The van der Waals surface area contributed by atoms with Crippen molar-refractivity contribution in [2.75, 3.05) is 51.3 Å². The normalized spacial score (nSPS) is 16.5. The van der Waals surface area contributed by atoms with Gasteiger partial charge in [0.15, 0.2) is 0 Å². The molecule has 1 saturated heterocycles. The number of nitrogens with one attached hydrogen (secondary N) is 1. The Morgan fingerprint density at radius 3 is 2.23 bits per heavy atom. The molecule has 1 aromatic carbocycles. The van der Waals surface area contributed by atoms with Gasteiger partial charge >= 0.3 is 12.1 Å². The quantitative estimate of drug-likeness (QED) is 0.463. The zero-order valence-electron chi connectivity index (χ0n) is 23.3. The monoisotopic (exact) mass is 592 g/mol. The van der Waals surface area contributed by atoms with Crippen LogP contribution in [0.1, 0.15) is 58.9 Å². The molecule has 13 heteroatoms. The van der Waals surface area contributed by atoms with Gasteiger partial charge in [0.2, 0.25) is 10.0 Å². The lowest BCUT2D eigenvalue weighted by Gasteiger charge is -2.33. The number of fused-ring (bicyclic) bond motifs is 1. The summed E-state index contributed by atoms with van der Waals surface area (Å²) in [5.74, 6) is -0.908. The minimum Gasteiger partial charge on any atom is -0.462 e. The molecule has 11 nitrogen and oxygen atoms in total. The van der Waals surface area contributed by atoms with E-state index < -0.39 is 28.0 Å². The van der Waals surface area contributed by atoms with Gasteiger partial charge in [-0.05, 0) is 63.9 Å². The molecule has 3 heterocycles. The lowest BCUT2D eigenvalue weighted by atomic mass is 10.0. The van der Waals surface area contributed by atoms with Gasteiger partial charge in [-0.2, -0.15) is 4.31 Å². The SMILES string of the molecule is CCOC(=O)c1c(NC(=O)c2ccc(S(=O)(=O)N3CCN(C(=O)OCC)CC3)cc2)sc2c1CCN(C(C)C)C2. The summed E-state index contributed by atoms with van der Waals surface area (Å²) in [6.45, 7) is 10.5. The summed E-state index contributed by atoms with van der Waals surface area (Å²) >= 11 is 1.38. The molecule has 0 aliphatic carbocycles. The number of carbonyl (C=O) groups is 3. The fraction of sp³-hybridized carbons (Fsp3) is 0.519. The van der Waals surface area contributed by atoms with Crippen LogP contribution in [0.15, 0.2) is 29.2 Å². The Balaban J connectivity index is 1.48. The third kappa shape index (κ3) is 6.32. The Morgan fingerprint density at radius 1 is 0.975 bits per heavy atom. The van der Waals surface area contributed by atoms with Crippen molar-refractivity contribution >= 4 is 44.3 Å². The predicted molar refractivity (Wildman–Crippen MR) is 151 cm³/mol. The van der Waals surface area contributed by atoms with Crippen molar-refractivity contribution in [3.63, 3.8) is 0 Å². The van der Waals surface area contributed by atoms with Crippen LogP contribution in [0, 0.1) is 0 Å². The van der Waals surface area contributed by atoms with E-state index in [0.29, 0.717) is 29.6 Å². The highest BCUT2D eigenvalue weighted by Crippen LogP contribution is 2.38. The van der Waals surface area contributed by atoms with Gasteiger partial charge in [0.25, 0.3) is 5.91 Å². The summed E-state index contributed by atoms with van der Waals surface area (Å²) in [5.41, 5.74) is 1.58. The molecule has 2 aliphatic heterocycles. The lowest BCUT2D eigenvalue weighted by Crippen LogP contribution is -2.50. The number of sulfonamides is 1. The van der Waals surface area contributed by atoms with Crippen LogP contribution in [-0.2, 0) is 32.5 Å². The molecule has 0 atom stereocenters. The van der Waals surface area contributed by atoms with Gasteiger partial charge in [-0.25, -0.2) is 18.0 Å². The minimum absolute atomic E-state index is 0.0567. The van der Waals surface area contributed by atoms with Crippen LogP contribution in [0.3, 0.4) is 0 Å². The highest BCUT2D eigenvalue weighted by atomic mass is 32.2. The summed E-state index contributed by atoms with van der Waals surface area (Å²) in [7, 11) is -3.80. The first-order valence-corrected chi connectivity index (χ1v) is 15.7. The number of benzene rings is 1. The van der Waals surface area contributed by atoms with Crippen LogP contribution in [0.4, 0.5) is 9.80 Å². The molecule has 1 N–H and O–H groups in total. The van der Waals surface area contributed by atoms with E-state index in [0.717, 1.165) is 17.0 Å². The number of anilines is 1. The molecule has 218 valence electrons. The van der Waals surface area contributed by atoms with E-state index in [4.69, 9.17) is 9.47 Å². The maximum atomic E-state index is 13.2. The summed E-state index contributed by atoms with van der Waals surface area (Å²) in [5, 5.41) is 3.31. The number of nitrogens with zero attached hydrogens (tertiary/aromatic N) is 3. The van der Waals surface area contributed by atoms with Gasteiger partial charge in [0, 0.05) is 55.8 Å². The first-order valence-electron chi connectivity index (χ1n) is 13.5. The summed E-state index contributed by atoms with van der Waals surface area (Å²) < 4.78 is 37.9. The Hall–Kier alpha value is -3.00. The molecule has 2 amide bonds. The number of carbonyl (C=O) groups excluding carboxylic acids is 3. The highest BCUT2D eigenvalue weighted by molar-refractivity contribution is 7.89. The summed E-state index contributed by atoms with van der Waals surface area (Å²) in [4.78, 5) is 42.8. The van der Waals surface area contributed by atoms with E-state index in [9.17, 15) is 22.8 Å². The molecule has 0 radical (unpaired) electrons. The van der Waals surface area contributed by atoms with Crippen LogP contribution in [0.2, 0.25) is 0 Å². The number of amides is 2. The number of hydrogen-bond acceptors (Lipinski definition) is 9. The highest BCUT2D eigenvalue weighted by Gasteiger charge is 2.32. The van der Waals surface area contributed by atoms with Crippen molar-refractivity contribution in [1.29, 1.82) is 0 Å². The van der Waals surface area contributed by atoms with E-state index in [1.165, 1.54) is 44.8 Å². The van der Waals surface area contributed by atoms with E-state index >= 15 is 0 Å². The third-order valence-electron chi connectivity index (χ3n) is 7.04. The maximum absolute atomic E-state index is 13.2.